The Balaban J connectivity index is 3.43. The van der Waals surface area contributed by atoms with Crippen molar-refractivity contribution in [3.05, 3.63) is 33.0 Å². The molecule has 0 spiro atoms. The molecule has 0 atom stereocenters. The maximum absolute atomic E-state index is 12.9. The number of hydrogen-bond acceptors (Lipinski definition) is 1. The van der Waals surface area contributed by atoms with Crippen LogP contribution < -0.4 is 0 Å². The molecular weight excluding hydrogens is 246 g/mol. The minimum atomic E-state index is -0.482. The summed E-state index contributed by atoms with van der Waals surface area (Å²) in [4.78, 5) is 11.0. The molecule has 0 N–H and O–H groups in total. The van der Waals surface area contributed by atoms with Gasteiger partial charge in [-0.15, -0.1) is 0 Å². The zero-order valence-electron chi connectivity index (χ0n) is 6.20. The van der Waals surface area contributed by atoms with E-state index < -0.39 is 5.82 Å². The fraction of sp³-hybridized carbons (Fsp3) is 0.125. The van der Waals surface area contributed by atoms with Crippen molar-refractivity contribution in [3.63, 3.8) is 0 Å². The van der Waals surface area contributed by atoms with Gasteiger partial charge in [0.2, 0.25) is 0 Å². The molecule has 1 aromatic carbocycles. The number of ketones is 1. The van der Waals surface area contributed by atoms with Crippen LogP contribution in [0.15, 0.2) is 16.6 Å². The maximum atomic E-state index is 12.9. The van der Waals surface area contributed by atoms with Crippen LogP contribution in [0.1, 0.15) is 17.3 Å². The summed E-state index contributed by atoms with van der Waals surface area (Å²) in [5, 5.41) is 0.260. The summed E-state index contributed by atoms with van der Waals surface area (Å²) in [5.74, 6) is -0.740. The third-order valence-electron chi connectivity index (χ3n) is 1.40. The van der Waals surface area contributed by atoms with Crippen LogP contribution in [0.4, 0.5) is 4.39 Å². The zero-order valence-corrected chi connectivity index (χ0v) is 8.54. The first kappa shape index (κ1) is 9.68. The van der Waals surface area contributed by atoms with E-state index in [0.717, 1.165) is 0 Å². The summed E-state index contributed by atoms with van der Waals surface area (Å²) >= 11 is 8.63. The van der Waals surface area contributed by atoms with Gasteiger partial charge in [-0.2, -0.15) is 0 Å². The molecule has 0 heterocycles. The van der Waals surface area contributed by atoms with Crippen molar-refractivity contribution in [2.75, 3.05) is 0 Å². The van der Waals surface area contributed by atoms with E-state index in [4.69, 9.17) is 11.6 Å². The van der Waals surface area contributed by atoms with Crippen LogP contribution >= 0.6 is 27.5 Å². The molecule has 0 amide bonds. The molecule has 0 saturated heterocycles. The highest BCUT2D eigenvalue weighted by Gasteiger charge is 2.13. The van der Waals surface area contributed by atoms with Crippen LogP contribution in [0, 0.1) is 5.82 Å². The van der Waals surface area contributed by atoms with Gasteiger partial charge in [-0.25, -0.2) is 4.39 Å². The van der Waals surface area contributed by atoms with Gasteiger partial charge in [0.15, 0.2) is 5.78 Å². The molecule has 0 aromatic heterocycles. The van der Waals surface area contributed by atoms with Crippen molar-refractivity contribution in [3.8, 4) is 0 Å². The fourth-order valence-electron chi connectivity index (χ4n) is 0.850. The van der Waals surface area contributed by atoms with E-state index in [1.54, 1.807) is 0 Å². The van der Waals surface area contributed by atoms with Gasteiger partial charge >= 0.3 is 0 Å². The summed E-state index contributed by atoms with van der Waals surface area (Å²) in [6.07, 6.45) is 0. The Labute approximate surface area is 82.7 Å². The summed E-state index contributed by atoms with van der Waals surface area (Å²) < 4.78 is 13.0. The topological polar surface area (TPSA) is 17.1 Å². The van der Waals surface area contributed by atoms with E-state index in [1.807, 2.05) is 0 Å². The van der Waals surface area contributed by atoms with E-state index in [2.05, 4.69) is 15.9 Å². The average Bonchev–Trinajstić information content (AvgIpc) is 1.97. The van der Waals surface area contributed by atoms with Crippen molar-refractivity contribution >= 4 is 33.3 Å². The Morgan fingerprint density at radius 2 is 2.17 bits per heavy atom. The lowest BCUT2D eigenvalue weighted by Crippen LogP contribution is -1.96. The molecule has 1 nitrogen and oxygen atoms in total. The smallest absolute Gasteiger partial charge is 0.162 e. The number of halogens is 3. The zero-order chi connectivity index (χ0) is 9.30. The molecular formula is C8H5BrClFO. The van der Waals surface area contributed by atoms with Gasteiger partial charge in [0.05, 0.1) is 15.1 Å². The van der Waals surface area contributed by atoms with Gasteiger partial charge in [-0.05, 0) is 35.0 Å². The van der Waals surface area contributed by atoms with Crippen LogP contribution in [0.25, 0.3) is 0 Å². The normalized spacial score (nSPS) is 10.0. The van der Waals surface area contributed by atoms with Crippen molar-refractivity contribution in [2.24, 2.45) is 0 Å². The number of hydrogen-bond donors (Lipinski definition) is 0. The number of carbonyl (C=O) groups is 1. The Morgan fingerprint density at radius 3 is 2.58 bits per heavy atom. The first-order chi connectivity index (χ1) is 5.54. The molecule has 0 radical (unpaired) electrons. The molecule has 0 aliphatic carbocycles. The lowest BCUT2D eigenvalue weighted by Gasteiger charge is -2.02. The van der Waals surface area contributed by atoms with Crippen LogP contribution in [-0.2, 0) is 0 Å². The molecule has 0 aliphatic heterocycles. The van der Waals surface area contributed by atoms with Gasteiger partial charge in [-0.1, -0.05) is 11.6 Å². The highest BCUT2D eigenvalue weighted by Crippen LogP contribution is 2.27. The fourth-order valence-corrected chi connectivity index (χ4v) is 1.88. The summed E-state index contributed by atoms with van der Waals surface area (Å²) in [5.41, 5.74) is 0.191. The van der Waals surface area contributed by atoms with Gasteiger partial charge in [0, 0.05) is 0 Å². The quantitative estimate of drug-likeness (QED) is 0.552. The van der Waals surface area contributed by atoms with E-state index in [1.165, 1.54) is 19.1 Å². The average molecular weight is 251 g/mol. The van der Waals surface area contributed by atoms with Gasteiger partial charge < -0.3 is 0 Å². The second kappa shape index (κ2) is 3.54. The van der Waals surface area contributed by atoms with E-state index in [-0.39, 0.29) is 20.8 Å². The first-order valence-electron chi connectivity index (χ1n) is 3.18. The molecule has 1 rings (SSSR count). The van der Waals surface area contributed by atoms with Crippen molar-refractivity contribution in [1.29, 1.82) is 0 Å². The number of rotatable bonds is 1. The Morgan fingerprint density at radius 1 is 1.58 bits per heavy atom. The number of benzene rings is 1. The predicted octanol–water partition coefficient (Wildman–Crippen LogP) is 3.44. The molecule has 12 heavy (non-hydrogen) atoms. The monoisotopic (exact) mass is 250 g/mol. The molecule has 1 aromatic rings. The number of carbonyl (C=O) groups excluding carboxylic acids is 1. The second-order valence-corrected chi connectivity index (χ2v) is 3.47. The van der Waals surface area contributed by atoms with Gasteiger partial charge in [0.1, 0.15) is 5.82 Å². The Hall–Kier alpha value is -0.410. The largest absolute Gasteiger partial charge is 0.294 e. The molecule has 0 saturated carbocycles. The van der Waals surface area contributed by atoms with Gasteiger partial charge in [-0.3, -0.25) is 4.79 Å². The Kier molecular flexibility index (Phi) is 2.85. The van der Waals surface area contributed by atoms with Crippen LogP contribution in [0.3, 0.4) is 0 Å². The molecule has 4 heteroatoms. The van der Waals surface area contributed by atoms with Crippen molar-refractivity contribution in [2.45, 2.75) is 6.92 Å². The summed E-state index contributed by atoms with van der Waals surface area (Å²) in [7, 11) is 0. The van der Waals surface area contributed by atoms with Crippen LogP contribution in [0.2, 0.25) is 5.02 Å². The molecule has 0 aliphatic rings. The highest BCUT2D eigenvalue weighted by molar-refractivity contribution is 9.10. The molecule has 0 unspecified atom stereocenters. The Bertz CT molecular complexity index is 338. The van der Waals surface area contributed by atoms with Gasteiger partial charge in [0.25, 0.3) is 0 Å². The van der Waals surface area contributed by atoms with Crippen LogP contribution in [-0.4, -0.2) is 5.78 Å². The van der Waals surface area contributed by atoms with Crippen molar-refractivity contribution in [1.82, 2.24) is 0 Å². The van der Waals surface area contributed by atoms with E-state index in [0.29, 0.717) is 0 Å². The minimum Gasteiger partial charge on any atom is -0.294 e. The predicted molar refractivity (Wildman–Crippen MR) is 49.1 cm³/mol. The van der Waals surface area contributed by atoms with Crippen LogP contribution in [0.5, 0.6) is 0 Å². The third kappa shape index (κ3) is 1.67. The third-order valence-corrected chi connectivity index (χ3v) is 2.49. The van der Waals surface area contributed by atoms with Crippen molar-refractivity contribution < 1.29 is 9.18 Å². The molecule has 64 valence electrons. The maximum Gasteiger partial charge on any atom is 0.162 e. The second-order valence-electron chi connectivity index (χ2n) is 2.27. The number of Topliss-reactive ketones (excluding diaryl/α,β-unsaturated/α-hetero) is 1. The summed E-state index contributed by atoms with van der Waals surface area (Å²) in [6, 6.07) is 2.57. The molecule has 0 bridgehead atoms. The van der Waals surface area contributed by atoms with E-state index in [9.17, 15) is 9.18 Å². The first-order valence-corrected chi connectivity index (χ1v) is 4.35. The summed E-state index contributed by atoms with van der Waals surface area (Å²) in [6.45, 7) is 1.34. The SMILES string of the molecule is CC(=O)c1c(Cl)ccc(F)c1Br. The lowest BCUT2D eigenvalue weighted by molar-refractivity contribution is 0.101. The standard InChI is InChI=1S/C8H5BrClFO/c1-4(12)7-5(10)2-3-6(11)8(7)9/h2-3H,1H3. The highest BCUT2D eigenvalue weighted by atomic mass is 79.9. The lowest BCUT2D eigenvalue weighted by atomic mass is 10.1. The van der Waals surface area contributed by atoms with E-state index >= 15 is 0 Å². The molecule has 0 fully saturated rings. The minimum absolute atomic E-state index is 0.127.